The largest absolute Gasteiger partial charge is 0.493 e. The smallest absolute Gasteiger partial charge is 0.272 e. The minimum Gasteiger partial charge on any atom is -0.493 e. The number of carbonyl (C=O) groups excluding carboxylic acids is 3. The van der Waals surface area contributed by atoms with Crippen LogP contribution < -0.4 is 25.4 Å². The summed E-state index contributed by atoms with van der Waals surface area (Å²) < 4.78 is 10.7. The molecule has 0 bridgehead atoms. The summed E-state index contributed by atoms with van der Waals surface area (Å²) in [6.45, 7) is 1.98. The van der Waals surface area contributed by atoms with Gasteiger partial charge in [-0.2, -0.15) is 0 Å². The molecule has 3 N–H and O–H groups in total. The number of amides is 3. The average molecular weight is 665 g/mol. The number of methoxy groups -OCH3 is 2. The number of thioether (sulfide) groups is 1. The zero-order valence-electron chi connectivity index (χ0n) is 25.9. The Kier molecular flexibility index (Phi) is 11.1. The molecular weight excluding hydrogens is 633 g/mol. The van der Waals surface area contributed by atoms with Gasteiger partial charge in [-0.25, -0.2) is 4.98 Å². The Morgan fingerprint density at radius 2 is 1.55 bits per heavy atom. The van der Waals surface area contributed by atoms with Gasteiger partial charge in [0.05, 0.1) is 25.7 Å². The van der Waals surface area contributed by atoms with E-state index >= 15 is 0 Å². The summed E-state index contributed by atoms with van der Waals surface area (Å²) >= 11 is 2.76. The Hall–Kier alpha value is -5.39. The number of nitrogens with one attached hydrogen (secondary N) is 3. The Morgan fingerprint density at radius 1 is 0.830 bits per heavy atom. The normalized spacial score (nSPS) is 11.0. The summed E-state index contributed by atoms with van der Waals surface area (Å²) in [4.78, 5) is 45.8. The van der Waals surface area contributed by atoms with Crippen molar-refractivity contribution in [3.05, 3.63) is 125 Å². The van der Waals surface area contributed by atoms with E-state index in [1.807, 2.05) is 43.3 Å². The summed E-state index contributed by atoms with van der Waals surface area (Å²) in [5.41, 5.74) is 3.38. The van der Waals surface area contributed by atoms with Gasteiger partial charge in [0, 0.05) is 26.6 Å². The molecule has 0 saturated heterocycles. The Balaban J connectivity index is 1.27. The second kappa shape index (κ2) is 15.7. The monoisotopic (exact) mass is 664 g/mol. The topological polar surface area (TPSA) is 119 Å². The zero-order valence-corrected chi connectivity index (χ0v) is 27.5. The van der Waals surface area contributed by atoms with Crippen LogP contribution in [0.5, 0.6) is 11.5 Å². The first-order chi connectivity index (χ1) is 22.8. The fourth-order valence-electron chi connectivity index (χ4n) is 4.53. The van der Waals surface area contributed by atoms with Crippen molar-refractivity contribution in [3.8, 4) is 22.8 Å². The Bertz CT molecular complexity index is 1910. The lowest BCUT2D eigenvalue weighted by Gasteiger charge is -2.13. The number of benzene rings is 4. The van der Waals surface area contributed by atoms with E-state index in [1.165, 1.54) is 37.3 Å². The number of aryl methyl sites for hydroxylation is 1. The molecule has 0 aliphatic heterocycles. The van der Waals surface area contributed by atoms with E-state index in [1.54, 1.807) is 72.8 Å². The minimum atomic E-state index is -0.530. The first-order valence-electron chi connectivity index (χ1n) is 14.5. The molecule has 4 aromatic carbocycles. The molecule has 0 aliphatic carbocycles. The van der Waals surface area contributed by atoms with Gasteiger partial charge in [-0.05, 0) is 61.0 Å². The third kappa shape index (κ3) is 8.87. The second-order valence-corrected chi connectivity index (χ2v) is 12.4. The third-order valence-corrected chi connectivity index (χ3v) is 8.68. The van der Waals surface area contributed by atoms with E-state index in [0.29, 0.717) is 33.4 Å². The van der Waals surface area contributed by atoms with E-state index in [4.69, 9.17) is 9.47 Å². The minimum absolute atomic E-state index is 0.0251. The van der Waals surface area contributed by atoms with Gasteiger partial charge in [0.2, 0.25) is 5.91 Å². The van der Waals surface area contributed by atoms with Gasteiger partial charge in [0.15, 0.2) is 16.6 Å². The van der Waals surface area contributed by atoms with Crippen LogP contribution >= 0.6 is 23.1 Å². The number of hydrogen-bond donors (Lipinski definition) is 3. The molecule has 1 aromatic heterocycles. The Labute approximate surface area is 281 Å². The van der Waals surface area contributed by atoms with Gasteiger partial charge < -0.3 is 25.4 Å². The van der Waals surface area contributed by atoms with E-state index in [-0.39, 0.29) is 17.4 Å². The average Bonchev–Trinajstić information content (AvgIpc) is 3.47. The van der Waals surface area contributed by atoms with Crippen LogP contribution in [0.4, 0.5) is 10.8 Å². The molecular formula is C36H32N4O5S2. The maximum absolute atomic E-state index is 13.5. The van der Waals surface area contributed by atoms with Crippen molar-refractivity contribution in [2.45, 2.75) is 11.8 Å². The lowest BCUT2D eigenvalue weighted by atomic mass is 10.1. The highest BCUT2D eigenvalue weighted by atomic mass is 32.2. The van der Waals surface area contributed by atoms with E-state index in [0.717, 1.165) is 21.0 Å². The van der Waals surface area contributed by atoms with Gasteiger partial charge in [-0.15, -0.1) is 23.1 Å². The molecule has 0 unspecified atom stereocenters. The predicted molar refractivity (Wildman–Crippen MR) is 188 cm³/mol. The van der Waals surface area contributed by atoms with Crippen LogP contribution in [0.15, 0.2) is 114 Å². The van der Waals surface area contributed by atoms with Crippen LogP contribution in [-0.4, -0.2) is 42.7 Å². The van der Waals surface area contributed by atoms with Crippen molar-refractivity contribution >= 4 is 57.7 Å². The SMILES string of the molecule is COc1ccc(/C=C(/NC(=O)c2ccccc2)C(=O)Nc2cccc(SCC(=O)Nc3nc(-c4ccccc4)c(C)s3)c2)cc1OC. The van der Waals surface area contributed by atoms with Crippen LogP contribution in [-0.2, 0) is 9.59 Å². The summed E-state index contributed by atoms with van der Waals surface area (Å²) in [5, 5.41) is 9.03. The van der Waals surface area contributed by atoms with Crippen molar-refractivity contribution in [3.63, 3.8) is 0 Å². The van der Waals surface area contributed by atoms with E-state index in [9.17, 15) is 14.4 Å². The number of carbonyl (C=O) groups is 3. The number of hydrogen-bond acceptors (Lipinski definition) is 8. The van der Waals surface area contributed by atoms with Crippen molar-refractivity contribution in [2.24, 2.45) is 0 Å². The maximum Gasteiger partial charge on any atom is 0.272 e. The molecule has 5 rings (SSSR count). The van der Waals surface area contributed by atoms with Gasteiger partial charge in [-0.1, -0.05) is 60.7 Å². The summed E-state index contributed by atoms with van der Waals surface area (Å²) in [6, 6.07) is 30.8. The number of rotatable bonds is 12. The van der Waals surface area contributed by atoms with Gasteiger partial charge in [0.1, 0.15) is 5.70 Å². The summed E-state index contributed by atoms with van der Waals surface area (Å²) in [5.74, 6) is -0.00155. The molecule has 47 heavy (non-hydrogen) atoms. The van der Waals surface area contributed by atoms with Gasteiger partial charge >= 0.3 is 0 Å². The molecule has 1 heterocycles. The van der Waals surface area contributed by atoms with Crippen LogP contribution in [0.25, 0.3) is 17.3 Å². The van der Waals surface area contributed by atoms with Crippen LogP contribution in [0.1, 0.15) is 20.8 Å². The molecule has 0 saturated carbocycles. The number of thiazole rings is 1. The second-order valence-electron chi connectivity index (χ2n) is 10.1. The van der Waals surface area contributed by atoms with Crippen LogP contribution in [0.3, 0.4) is 0 Å². The van der Waals surface area contributed by atoms with E-state index in [2.05, 4.69) is 20.9 Å². The van der Waals surface area contributed by atoms with Crippen molar-refractivity contribution in [2.75, 3.05) is 30.6 Å². The lowest BCUT2D eigenvalue weighted by Crippen LogP contribution is -2.30. The number of ether oxygens (including phenoxy) is 2. The number of aromatic nitrogens is 1. The third-order valence-electron chi connectivity index (χ3n) is 6.80. The molecule has 5 aromatic rings. The highest BCUT2D eigenvalue weighted by Crippen LogP contribution is 2.31. The van der Waals surface area contributed by atoms with Gasteiger partial charge in [0.25, 0.3) is 11.8 Å². The molecule has 0 spiro atoms. The first-order valence-corrected chi connectivity index (χ1v) is 16.3. The first kappa shape index (κ1) is 33.0. The molecule has 0 radical (unpaired) electrons. The fraction of sp³-hybridized carbons (Fsp3) is 0.111. The summed E-state index contributed by atoms with van der Waals surface area (Å²) in [7, 11) is 3.06. The lowest BCUT2D eigenvalue weighted by molar-refractivity contribution is -0.114. The van der Waals surface area contributed by atoms with Crippen molar-refractivity contribution in [1.29, 1.82) is 0 Å². The van der Waals surface area contributed by atoms with Gasteiger partial charge in [-0.3, -0.25) is 14.4 Å². The molecule has 3 amide bonds. The van der Waals surface area contributed by atoms with Crippen LogP contribution in [0.2, 0.25) is 0 Å². The fourth-order valence-corrected chi connectivity index (χ4v) is 6.14. The maximum atomic E-state index is 13.5. The van der Waals surface area contributed by atoms with Crippen LogP contribution in [0, 0.1) is 6.92 Å². The predicted octanol–water partition coefficient (Wildman–Crippen LogP) is 7.28. The van der Waals surface area contributed by atoms with Crippen molar-refractivity contribution < 1.29 is 23.9 Å². The Morgan fingerprint density at radius 3 is 2.28 bits per heavy atom. The standard InChI is InChI=1S/C36H32N4O5S2/c1-23-33(25-11-6-4-7-12-25)40-36(47-23)39-32(41)22-46-28-16-10-15-27(21-28)37-35(43)29(38-34(42)26-13-8-5-9-14-26)19-24-17-18-30(44-2)31(20-24)45-3/h4-21H,22H2,1-3H3,(H,37,43)(H,38,42)(H,39,40,41)/b29-19+. The molecule has 0 fully saturated rings. The molecule has 238 valence electrons. The molecule has 0 aliphatic rings. The number of anilines is 2. The summed E-state index contributed by atoms with van der Waals surface area (Å²) in [6.07, 6.45) is 1.56. The molecule has 11 heteroatoms. The highest BCUT2D eigenvalue weighted by Gasteiger charge is 2.17. The number of nitrogens with zero attached hydrogens (tertiary/aromatic N) is 1. The highest BCUT2D eigenvalue weighted by molar-refractivity contribution is 8.00. The molecule has 9 nitrogen and oxygen atoms in total. The van der Waals surface area contributed by atoms with Crippen molar-refractivity contribution in [1.82, 2.24) is 10.3 Å². The van der Waals surface area contributed by atoms with E-state index < -0.39 is 11.8 Å². The zero-order chi connectivity index (χ0) is 33.2. The molecule has 0 atom stereocenters. The quantitative estimate of drug-likeness (QED) is 0.0948.